The molecule has 1 heterocycles. The third kappa shape index (κ3) is 1.38. The Morgan fingerprint density at radius 2 is 2.38 bits per heavy atom. The van der Waals surface area contributed by atoms with E-state index in [0.29, 0.717) is 0 Å². The summed E-state index contributed by atoms with van der Waals surface area (Å²) >= 11 is 0. The molecule has 0 aliphatic carbocycles. The van der Waals surface area contributed by atoms with E-state index >= 15 is 0 Å². The molecule has 0 aromatic heterocycles. The first-order valence-corrected chi connectivity index (χ1v) is 3.93. The Hall–Kier alpha value is -1.84. The van der Waals surface area contributed by atoms with Crippen LogP contribution in [0.15, 0.2) is 23.4 Å². The molecule has 0 amide bonds. The summed E-state index contributed by atoms with van der Waals surface area (Å²) in [5.74, 6) is 0.817. The molecular weight excluding hydrogens is 166 g/mol. The molecule has 0 fully saturated rings. The third-order valence-electron chi connectivity index (χ3n) is 1.91. The minimum atomic E-state index is 0.0744. The highest BCUT2D eigenvalue weighted by Crippen LogP contribution is 2.22. The maximum Gasteiger partial charge on any atom is 0.161 e. The van der Waals surface area contributed by atoms with Crippen LogP contribution in [-0.4, -0.2) is 12.1 Å². The minimum Gasteiger partial charge on any atom is -0.384 e. The second kappa shape index (κ2) is 2.90. The van der Waals surface area contributed by atoms with Crippen molar-refractivity contribution in [1.82, 2.24) is 0 Å². The predicted molar refractivity (Wildman–Crippen MR) is 50.3 cm³/mol. The molecule has 0 atom stereocenters. The van der Waals surface area contributed by atoms with Gasteiger partial charge in [0.1, 0.15) is 5.84 Å². The van der Waals surface area contributed by atoms with Crippen molar-refractivity contribution < 1.29 is 4.84 Å². The van der Waals surface area contributed by atoms with Crippen molar-refractivity contribution in [3.8, 4) is 5.75 Å². The van der Waals surface area contributed by atoms with Gasteiger partial charge in [0.05, 0.1) is 0 Å². The number of hydrogen-bond acceptors (Lipinski definition) is 3. The number of fused-ring (bicyclic) bond motifs is 1. The van der Waals surface area contributed by atoms with E-state index in [1.807, 2.05) is 6.07 Å². The summed E-state index contributed by atoms with van der Waals surface area (Å²) in [6.45, 7) is 0. The zero-order chi connectivity index (χ0) is 9.26. The molecule has 2 rings (SSSR count). The smallest absolute Gasteiger partial charge is 0.161 e. The largest absolute Gasteiger partial charge is 0.384 e. The lowest BCUT2D eigenvalue weighted by Crippen LogP contribution is -2.12. The van der Waals surface area contributed by atoms with E-state index in [1.54, 1.807) is 18.3 Å². The average Bonchev–Trinajstić information content (AvgIpc) is 2.17. The number of nitrogens with zero attached hydrogens (tertiary/aromatic N) is 1. The number of rotatable bonds is 1. The number of nitrogens with two attached hydrogens (primary N) is 1. The lowest BCUT2D eigenvalue weighted by Gasteiger charge is -2.10. The Kier molecular flexibility index (Phi) is 1.73. The Balaban J connectivity index is 2.44. The minimum absolute atomic E-state index is 0.0744. The van der Waals surface area contributed by atoms with Crippen LogP contribution < -0.4 is 10.6 Å². The van der Waals surface area contributed by atoms with Gasteiger partial charge in [0.25, 0.3) is 0 Å². The highest BCUT2D eigenvalue weighted by atomic mass is 16.6. The predicted octanol–water partition coefficient (Wildman–Crippen LogP) is 0.891. The summed E-state index contributed by atoms with van der Waals surface area (Å²) in [5, 5.41) is 10.9. The molecule has 66 valence electrons. The fraction of sp³-hybridized carbons (Fsp3) is 0.111. The molecule has 1 aliphatic rings. The number of benzene rings is 1. The van der Waals surface area contributed by atoms with Gasteiger partial charge in [-0.3, -0.25) is 5.41 Å². The molecule has 0 saturated carbocycles. The van der Waals surface area contributed by atoms with Crippen LogP contribution in [0.4, 0.5) is 0 Å². The molecular formula is C9H9N3O. The first kappa shape index (κ1) is 7.79. The number of nitrogens with one attached hydrogen (secondary N) is 1. The van der Waals surface area contributed by atoms with Crippen LogP contribution in [0.3, 0.4) is 0 Å². The molecule has 0 unspecified atom stereocenters. The Labute approximate surface area is 75.5 Å². The molecule has 4 nitrogen and oxygen atoms in total. The number of oxime groups is 1. The average molecular weight is 175 g/mol. The standard InChI is InChI=1S/C9H9N3O/c10-9(11)7-1-2-8-6(5-7)3-4-12-13-8/h1-2,4-5H,3H2,(H3,10,11). The Bertz CT molecular complexity index is 384. The van der Waals surface area contributed by atoms with Crippen molar-refractivity contribution >= 4 is 12.1 Å². The summed E-state index contributed by atoms with van der Waals surface area (Å²) in [6.07, 6.45) is 2.42. The van der Waals surface area contributed by atoms with E-state index in [2.05, 4.69) is 5.16 Å². The zero-order valence-corrected chi connectivity index (χ0v) is 6.95. The normalized spacial score (nSPS) is 13.2. The summed E-state index contributed by atoms with van der Waals surface area (Å²) in [5.41, 5.74) is 7.09. The van der Waals surface area contributed by atoms with Crippen molar-refractivity contribution in [2.75, 3.05) is 0 Å². The van der Waals surface area contributed by atoms with Crippen LogP contribution in [0.2, 0.25) is 0 Å². The van der Waals surface area contributed by atoms with Crippen LogP contribution >= 0.6 is 0 Å². The van der Waals surface area contributed by atoms with Crippen molar-refractivity contribution in [1.29, 1.82) is 5.41 Å². The van der Waals surface area contributed by atoms with Crippen molar-refractivity contribution in [3.05, 3.63) is 29.3 Å². The van der Waals surface area contributed by atoms with E-state index in [4.69, 9.17) is 16.0 Å². The van der Waals surface area contributed by atoms with Crippen LogP contribution in [0, 0.1) is 5.41 Å². The molecule has 0 bridgehead atoms. The van der Waals surface area contributed by atoms with Gasteiger partial charge in [-0.25, -0.2) is 0 Å². The monoisotopic (exact) mass is 175 g/mol. The van der Waals surface area contributed by atoms with E-state index in [9.17, 15) is 0 Å². The lowest BCUT2D eigenvalue weighted by atomic mass is 10.1. The Morgan fingerprint density at radius 3 is 3.15 bits per heavy atom. The van der Waals surface area contributed by atoms with Gasteiger partial charge in [-0.15, -0.1) is 0 Å². The van der Waals surface area contributed by atoms with Gasteiger partial charge in [0.15, 0.2) is 5.75 Å². The maximum absolute atomic E-state index is 7.26. The molecule has 3 N–H and O–H groups in total. The van der Waals surface area contributed by atoms with Crippen molar-refractivity contribution in [3.63, 3.8) is 0 Å². The first-order valence-electron chi connectivity index (χ1n) is 3.93. The van der Waals surface area contributed by atoms with Gasteiger partial charge in [-0.1, -0.05) is 5.16 Å². The fourth-order valence-electron chi connectivity index (χ4n) is 1.23. The highest BCUT2D eigenvalue weighted by molar-refractivity contribution is 5.95. The molecule has 0 spiro atoms. The number of amidine groups is 1. The molecule has 1 aromatic rings. The van der Waals surface area contributed by atoms with E-state index in [-0.39, 0.29) is 5.84 Å². The lowest BCUT2D eigenvalue weighted by molar-refractivity contribution is 0.334. The number of hydrogen-bond donors (Lipinski definition) is 2. The van der Waals surface area contributed by atoms with Crippen LogP contribution in [0.1, 0.15) is 11.1 Å². The van der Waals surface area contributed by atoms with Crippen molar-refractivity contribution in [2.45, 2.75) is 6.42 Å². The van der Waals surface area contributed by atoms with E-state index in [0.717, 1.165) is 23.3 Å². The Morgan fingerprint density at radius 1 is 1.54 bits per heavy atom. The highest BCUT2D eigenvalue weighted by Gasteiger charge is 2.08. The van der Waals surface area contributed by atoms with Gasteiger partial charge < -0.3 is 10.6 Å². The summed E-state index contributed by atoms with van der Waals surface area (Å²) in [4.78, 5) is 5.02. The fourth-order valence-corrected chi connectivity index (χ4v) is 1.23. The first-order chi connectivity index (χ1) is 6.27. The molecule has 0 radical (unpaired) electrons. The second-order valence-electron chi connectivity index (χ2n) is 2.82. The zero-order valence-electron chi connectivity index (χ0n) is 6.95. The SMILES string of the molecule is N=C(N)c1ccc2c(c1)CC=NO2. The van der Waals surface area contributed by atoms with Crippen LogP contribution in [0.5, 0.6) is 5.75 Å². The van der Waals surface area contributed by atoms with E-state index in [1.165, 1.54) is 0 Å². The molecule has 13 heavy (non-hydrogen) atoms. The molecule has 1 aromatic carbocycles. The summed E-state index contributed by atoms with van der Waals surface area (Å²) in [6, 6.07) is 5.38. The topological polar surface area (TPSA) is 71.5 Å². The summed E-state index contributed by atoms with van der Waals surface area (Å²) < 4.78 is 0. The molecule has 1 aliphatic heterocycles. The molecule has 4 heteroatoms. The maximum atomic E-state index is 7.26. The van der Waals surface area contributed by atoms with Gasteiger partial charge in [-0.2, -0.15) is 0 Å². The third-order valence-corrected chi connectivity index (χ3v) is 1.91. The second-order valence-corrected chi connectivity index (χ2v) is 2.82. The van der Waals surface area contributed by atoms with Crippen molar-refractivity contribution in [2.24, 2.45) is 10.9 Å². The van der Waals surface area contributed by atoms with Gasteiger partial charge in [0, 0.05) is 23.8 Å². The van der Waals surface area contributed by atoms with E-state index < -0.39 is 0 Å². The van der Waals surface area contributed by atoms with Crippen LogP contribution in [0.25, 0.3) is 0 Å². The van der Waals surface area contributed by atoms with Gasteiger partial charge in [0.2, 0.25) is 0 Å². The van der Waals surface area contributed by atoms with Gasteiger partial charge in [-0.05, 0) is 18.2 Å². The summed E-state index contributed by atoms with van der Waals surface area (Å²) in [7, 11) is 0. The number of nitrogen functional groups attached to an aromatic ring is 1. The van der Waals surface area contributed by atoms with Crippen LogP contribution in [-0.2, 0) is 6.42 Å². The molecule has 0 saturated heterocycles. The van der Waals surface area contributed by atoms with Gasteiger partial charge >= 0.3 is 0 Å². The quantitative estimate of drug-likeness (QED) is 0.491.